The summed E-state index contributed by atoms with van der Waals surface area (Å²) in [4.78, 5) is 18.3. The Hall–Kier alpha value is -2.17. The number of H-pyrrole nitrogens is 1. The van der Waals surface area contributed by atoms with Crippen LogP contribution in [-0.2, 0) is 6.54 Å². The summed E-state index contributed by atoms with van der Waals surface area (Å²) < 4.78 is 0. The molecule has 0 saturated carbocycles. The molecule has 5 nitrogen and oxygen atoms in total. The maximum absolute atomic E-state index is 12.5. The number of nitrogens with zero attached hydrogens (tertiary/aromatic N) is 3. The number of nitrogens with one attached hydrogen (secondary N) is 1. The third-order valence-corrected chi connectivity index (χ3v) is 3.13. The first-order valence-corrected chi connectivity index (χ1v) is 6.33. The van der Waals surface area contributed by atoms with E-state index in [4.69, 9.17) is 0 Å². The molecule has 2 rings (SSSR count). The summed E-state index contributed by atoms with van der Waals surface area (Å²) >= 11 is 0. The highest BCUT2D eigenvalue weighted by Gasteiger charge is 2.20. The van der Waals surface area contributed by atoms with Crippen molar-refractivity contribution >= 4 is 5.91 Å². The number of carbonyl (C=O) groups excluding carboxylic acids is 1. The summed E-state index contributed by atoms with van der Waals surface area (Å²) in [6, 6.07) is 3.84. The van der Waals surface area contributed by atoms with Crippen LogP contribution in [0, 0.1) is 13.8 Å². The van der Waals surface area contributed by atoms with Crippen molar-refractivity contribution in [3.8, 4) is 0 Å². The van der Waals surface area contributed by atoms with Gasteiger partial charge in [-0.2, -0.15) is 5.10 Å². The molecular weight excluding hydrogens is 240 g/mol. The van der Waals surface area contributed by atoms with E-state index in [1.807, 2.05) is 32.9 Å². The first-order valence-electron chi connectivity index (χ1n) is 6.33. The minimum absolute atomic E-state index is 0.0167. The fraction of sp³-hybridized carbons (Fsp3) is 0.357. The highest BCUT2D eigenvalue weighted by Crippen LogP contribution is 2.14. The Labute approximate surface area is 112 Å². The van der Waals surface area contributed by atoms with Gasteiger partial charge in [0.1, 0.15) is 0 Å². The second-order valence-corrected chi connectivity index (χ2v) is 4.48. The van der Waals surface area contributed by atoms with Gasteiger partial charge in [0.25, 0.3) is 5.91 Å². The van der Waals surface area contributed by atoms with E-state index in [9.17, 15) is 4.79 Å². The summed E-state index contributed by atoms with van der Waals surface area (Å²) in [6.07, 6.45) is 3.48. The second-order valence-electron chi connectivity index (χ2n) is 4.48. The number of carbonyl (C=O) groups is 1. The number of amides is 1. The summed E-state index contributed by atoms with van der Waals surface area (Å²) in [7, 11) is 0. The fourth-order valence-electron chi connectivity index (χ4n) is 2.06. The van der Waals surface area contributed by atoms with Gasteiger partial charge < -0.3 is 4.90 Å². The number of aromatic amines is 1. The van der Waals surface area contributed by atoms with E-state index in [-0.39, 0.29) is 5.91 Å². The number of rotatable bonds is 4. The molecule has 0 bridgehead atoms. The highest BCUT2D eigenvalue weighted by atomic mass is 16.2. The molecule has 0 fully saturated rings. The maximum Gasteiger partial charge on any atom is 0.257 e. The minimum Gasteiger partial charge on any atom is -0.334 e. The smallest absolute Gasteiger partial charge is 0.257 e. The minimum atomic E-state index is 0.0167. The number of hydrogen-bond acceptors (Lipinski definition) is 3. The molecule has 2 heterocycles. The van der Waals surface area contributed by atoms with Crippen LogP contribution in [0.2, 0.25) is 0 Å². The van der Waals surface area contributed by atoms with E-state index in [0.717, 1.165) is 17.0 Å². The molecule has 0 radical (unpaired) electrons. The van der Waals surface area contributed by atoms with Gasteiger partial charge in [-0.25, -0.2) is 0 Å². The van der Waals surface area contributed by atoms with E-state index in [1.54, 1.807) is 17.3 Å². The topological polar surface area (TPSA) is 61.9 Å². The summed E-state index contributed by atoms with van der Waals surface area (Å²) in [6.45, 7) is 6.93. The van der Waals surface area contributed by atoms with Gasteiger partial charge in [-0.15, -0.1) is 0 Å². The monoisotopic (exact) mass is 258 g/mol. The zero-order valence-corrected chi connectivity index (χ0v) is 11.5. The van der Waals surface area contributed by atoms with Crippen LogP contribution < -0.4 is 0 Å². The molecule has 19 heavy (non-hydrogen) atoms. The molecule has 1 N–H and O–H groups in total. The molecule has 0 aliphatic heterocycles. The van der Waals surface area contributed by atoms with Crippen LogP contribution >= 0.6 is 0 Å². The summed E-state index contributed by atoms with van der Waals surface area (Å²) in [5.41, 5.74) is 3.31. The van der Waals surface area contributed by atoms with Crippen LogP contribution in [0.25, 0.3) is 0 Å². The van der Waals surface area contributed by atoms with E-state index in [1.165, 1.54) is 0 Å². The SMILES string of the molecule is CCN(Cc1ccncc1)C(=O)c1c(C)n[nH]c1C. The van der Waals surface area contributed by atoms with Crippen molar-refractivity contribution in [1.29, 1.82) is 0 Å². The Morgan fingerprint density at radius 1 is 1.32 bits per heavy atom. The zero-order valence-electron chi connectivity index (χ0n) is 11.5. The molecule has 0 unspecified atom stereocenters. The lowest BCUT2D eigenvalue weighted by Gasteiger charge is -2.21. The molecular formula is C14H18N4O. The second kappa shape index (κ2) is 5.65. The average Bonchev–Trinajstić information content (AvgIpc) is 2.76. The highest BCUT2D eigenvalue weighted by molar-refractivity contribution is 5.96. The van der Waals surface area contributed by atoms with E-state index < -0.39 is 0 Å². The largest absolute Gasteiger partial charge is 0.334 e. The van der Waals surface area contributed by atoms with Gasteiger partial charge >= 0.3 is 0 Å². The molecule has 0 aromatic carbocycles. The third kappa shape index (κ3) is 2.81. The predicted octanol–water partition coefficient (Wildman–Crippen LogP) is 2.08. The van der Waals surface area contributed by atoms with Gasteiger partial charge in [-0.3, -0.25) is 14.9 Å². The van der Waals surface area contributed by atoms with Crippen LogP contribution in [0.15, 0.2) is 24.5 Å². The molecule has 0 aliphatic rings. The molecule has 2 aromatic heterocycles. The predicted molar refractivity (Wildman–Crippen MR) is 72.7 cm³/mol. The van der Waals surface area contributed by atoms with Crippen LogP contribution in [0.4, 0.5) is 0 Å². The van der Waals surface area contributed by atoms with Crippen molar-refractivity contribution in [3.63, 3.8) is 0 Å². The lowest BCUT2D eigenvalue weighted by atomic mass is 10.1. The third-order valence-electron chi connectivity index (χ3n) is 3.13. The normalized spacial score (nSPS) is 10.5. The number of aryl methyl sites for hydroxylation is 2. The maximum atomic E-state index is 12.5. The van der Waals surface area contributed by atoms with Crippen LogP contribution in [-0.4, -0.2) is 32.5 Å². The molecule has 0 aliphatic carbocycles. The van der Waals surface area contributed by atoms with Crippen LogP contribution in [0.1, 0.15) is 34.2 Å². The number of aromatic nitrogens is 3. The Morgan fingerprint density at radius 3 is 2.53 bits per heavy atom. The Kier molecular flexibility index (Phi) is 3.94. The van der Waals surface area contributed by atoms with Crippen LogP contribution in [0.5, 0.6) is 0 Å². The first kappa shape index (κ1) is 13.3. The Bertz CT molecular complexity index is 543. The van der Waals surface area contributed by atoms with Crippen molar-refractivity contribution < 1.29 is 4.79 Å². The van der Waals surface area contributed by atoms with Crippen molar-refractivity contribution in [2.45, 2.75) is 27.3 Å². The van der Waals surface area contributed by atoms with Gasteiger partial charge in [0.05, 0.1) is 11.3 Å². The number of hydrogen-bond donors (Lipinski definition) is 1. The van der Waals surface area contributed by atoms with Gasteiger partial charge in [-0.1, -0.05) is 0 Å². The quantitative estimate of drug-likeness (QED) is 0.913. The van der Waals surface area contributed by atoms with Crippen molar-refractivity contribution in [2.24, 2.45) is 0 Å². The van der Waals surface area contributed by atoms with Gasteiger partial charge in [0.2, 0.25) is 0 Å². The first-order chi connectivity index (χ1) is 9.13. The Morgan fingerprint density at radius 2 is 2.00 bits per heavy atom. The number of pyridine rings is 1. The van der Waals surface area contributed by atoms with Gasteiger partial charge in [-0.05, 0) is 38.5 Å². The molecule has 5 heteroatoms. The summed E-state index contributed by atoms with van der Waals surface area (Å²) in [5.74, 6) is 0.0167. The molecule has 0 spiro atoms. The van der Waals surface area contributed by atoms with Crippen molar-refractivity contribution in [3.05, 3.63) is 47.0 Å². The standard InChI is InChI=1S/C14H18N4O/c1-4-18(9-12-5-7-15-8-6-12)14(19)13-10(2)16-17-11(13)3/h5-8H,4,9H2,1-3H3,(H,16,17). The molecule has 0 saturated heterocycles. The van der Waals surface area contributed by atoms with E-state index in [2.05, 4.69) is 15.2 Å². The van der Waals surface area contributed by atoms with Crippen molar-refractivity contribution in [1.82, 2.24) is 20.1 Å². The average molecular weight is 258 g/mol. The van der Waals surface area contributed by atoms with Gasteiger partial charge in [0.15, 0.2) is 0 Å². The molecule has 100 valence electrons. The van der Waals surface area contributed by atoms with E-state index in [0.29, 0.717) is 18.7 Å². The Balaban J connectivity index is 2.21. The molecule has 0 atom stereocenters. The summed E-state index contributed by atoms with van der Waals surface area (Å²) in [5, 5.41) is 6.93. The lowest BCUT2D eigenvalue weighted by Crippen LogP contribution is -2.31. The molecule has 1 amide bonds. The van der Waals surface area contributed by atoms with Gasteiger partial charge in [0, 0.05) is 31.2 Å². The fourth-order valence-corrected chi connectivity index (χ4v) is 2.06. The zero-order chi connectivity index (χ0) is 13.8. The van der Waals surface area contributed by atoms with E-state index >= 15 is 0 Å². The lowest BCUT2D eigenvalue weighted by molar-refractivity contribution is 0.0751. The molecule has 2 aromatic rings. The van der Waals surface area contributed by atoms with Crippen LogP contribution in [0.3, 0.4) is 0 Å². The van der Waals surface area contributed by atoms with Crippen molar-refractivity contribution in [2.75, 3.05) is 6.54 Å².